The van der Waals surface area contributed by atoms with Gasteiger partial charge in [-0.15, -0.1) is 0 Å². The summed E-state index contributed by atoms with van der Waals surface area (Å²) in [5.41, 5.74) is 0. The van der Waals surface area contributed by atoms with Gasteiger partial charge in [-0.2, -0.15) is 10.2 Å². The van der Waals surface area contributed by atoms with Gasteiger partial charge >= 0.3 is 0 Å². The predicted octanol–water partition coefficient (Wildman–Crippen LogP) is 0.223. The molecule has 0 spiro atoms. The zero-order valence-corrected chi connectivity index (χ0v) is 4.18. The number of rotatable bonds is 3. The van der Waals surface area contributed by atoms with E-state index in [9.17, 15) is 0 Å². The van der Waals surface area contributed by atoms with Crippen molar-refractivity contribution in [3.63, 3.8) is 0 Å². The molecule has 0 radical (unpaired) electrons. The lowest BCUT2D eigenvalue weighted by atomic mass is 11.1. The Morgan fingerprint density at radius 1 is 1.86 bits per heavy atom. The number of nitrogens with one attached hydrogen (secondary N) is 2. The number of hydrogen-bond acceptors (Lipinski definition) is 3. The van der Waals surface area contributed by atoms with Crippen molar-refractivity contribution < 1.29 is 0 Å². The first-order chi connectivity index (χ1) is 3.41. The van der Waals surface area contributed by atoms with Gasteiger partial charge in [0.05, 0.1) is 6.34 Å². The topological polar surface area (TPSA) is 60.6 Å². The molecule has 0 atom stereocenters. The van der Waals surface area contributed by atoms with Gasteiger partial charge in [-0.3, -0.25) is 5.41 Å². The first-order valence-corrected chi connectivity index (χ1v) is 1.89. The van der Waals surface area contributed by atoms with Crippen molar-refractivity contribution in [2.75, 3.05) is 13.7 Å². The fraction of sp³-hybridized carbons (Fsp3) is 0.667. The van der Waals surface area contributed by atoms with Gasteiger partial charge in [-0.05, 0) is 0 Å². The maximum Gasteiger partial charge on any atom is 0.129 e. The summed E-state index contributed by atoms with van der Waals surface area (Å²) in [4.78, 5) is 0. The number of hydrogen-bond donors (Lipinski definition) is 2. The molecule has 0 saturated heterocycles. The van der Waals surface area contributed by atoms with Gasteiger partial charge < -0.3 is 5.32 Å². The van der Waals surface area contributed by atoms with Gasteiger partial charge in [0.2, 0.25) is 0 Å². The zero-order valence-electron chi connectivity index (χ0n) is 4.18. The van der Waals surface area contributed by atoms with Crippen LogP contribution in [0.4, 0.5) is 0 Å². The minimum Gasteiger partial charge on any atom is -0.356 e. The summed E-state index contributed by atoms with van der Waals surface area (Å²) < 4.78 is 0. The molecule has 7 heavy (non-hydrogen) atoms. The number of nitrogens with zero attached hydrogens (tertiary/aromatic N) is 2. The highest BCUT2D eigenvalue weighted by atomic mass is 15.2. The van der Waals surface area contributed by atoms with Crippen LogP contribution in [0.2, 0.25) is 0 Å². The smallest absolute Gasteiger partial charge is 0.129 e. The fourth-order valence-electron chi connectivity index (χ4n) is 0.157. The standard InChI is InChI=1S/C3H8N4/c1-5-7-3-6-2-4/h2H,3H2,1H3,(H2,4,6)/b7-5+. The van der Waals surface area contributed by atoms with Crippen LogP contribution in [0.25, 0.3) is 0 Å². The van der Waals surface area contributed by atoms with Gasteiger partial charge in [0.15, 0.2) is 0 Å². The van der Waals surface area contributed by atoms with Gasteiger partial charge in [-0.1, -0.05) is 0 Å². The minimum atomic E-state index is 0.403. The highest BCUT2D eigenvalue weighted by Gasteiger charge is 1.65. The van der Waals surface area contributed by atoms with E-state index in [1.165, 1.54) is 0 Å². The van der Waals surface area contributed by atoms with E-state index in [-0.39, 0.29) is 0 Å². The molecule has 0 amide bonds. The van der Waals surface area contributed by atoms with E-state index in [1.54, 1.807) is 7.05 Å². The monoisotopic (exact) mass is 100 g/mol. The molecule has 0 saturated carbocycles. The molecule has 0 rings (SSSR count). The third-order valence-electron chi connectivity index (χ3n) is 0.405. The molecule has 4 heteroatoms. The second kappa shape index (κ2) is 5.07. The lowest BCUT2D eigenvalue weighted by molar-refractivity contribution is 0.863. The highest BCUT2D eigenvalue weighted by molar-refractivity contribution is 5.49. The molecule has 0 aromatic carbocycles. The maximum atomic E-state index is 6.44. The largest absolute Gasteiger partial charge is 0.356 e. The first-order valence-electron chi connectivity index (χ1n) is 1.89. The van der Waals surface area contributed by atoms with Crippen LogP contribution in [-0.2, 0) is 0 Å². The van der Waals surface area contributed by atoms with Crippen LogP contribution in [0.5, 0.6) is 0 Å². The molecule has 2 N–H and O–H groups in total. The summed E-state index contributed by atoms with van der Waals surface area (Å²) in [5, 5.41) is 15.9. The average Bonchev–Trinajstić information content (AvgIpc) is 1.69. The van der Waals surface area contributed by atoms with Crippen LogP contribution in [0.1, 0.15) is 0 Å². The van der Waals surface area contributed by atoms with Crippen molar-refractivity contribution in [1.29, 1.82) is 5.41 Å². The Morgan fingerprint density at radius 3 is 3.00 bits per heavy atom. The Hall–Kier alpha value is -0.930. The van der Waals surface area contributed by atoms with Crippen LogP contribution in [0, 0.1) is 5.41 Å². The molecule has 0 aliphatic carbocycles. The van der Waals surface area contributed by atoms with Crippen molar-refractivity contribution in [2.45, 2.75) is 0 Å². The van der Waals surface area contributed by atoms with Gasteiger partial charge in [0.1, 0.15) is 6.67 Å². The quantitative estimate of drug-likeness (QED) is 0.226. The molecule has 0 aromatic rings. The summed E-state index contributed by atoms with van der Waals surface area (Å²) >= 11 is 0. The molecular formula is C3H8N4. The van der Waals surface area contributed by atoms with Crippen LogP contribution in [0.15, 0.2) is 10.2 Å². The summed E-state index contributed by atoms with van der Waals surface area (Å²) in [5.74, 6) is 0. The Kier molecular flexibility index (Phi) is 4.40. The maximum absolute atomic E-state index is 6.44. The molecule has 0 fully saturated rings. The Labute approximate surface area is 42.2 Å². The van der Waals surface area contributed by atoms with Crippen LogP contribution in [0.3, 0.4) is 0 Å². The van der Waals surface area contributed by atoms with E-state index >= 15 is 0 Å². The second-order valence-corrected chi connectivity index (χ2v) is 0.848. The lowest BCUT2D eigenvalue weighted by Gasteiger charge is -1.84. The van der Waals surface area contributed by atoms with Crippen molar-refractivity contribution in [3.05, 3.63) is 0 Å². The van der Waals surface area contributed by atoms with Crippen LogP contribution >= 0.6 is 0 Å². The van der Waals surface area contributed by atoms with E-state index in [0.29, 0.717) is 6.67 Å². The highest BCUT2D eigenvalue weighted by Crippen LogP contribution is 1.60. The molecule has 0 aliphatic rings. The molecule has 0 bridgehead atoms. The molecule has 0 aliphatic heterocycles. The summed E-state index contributed by atoms with van der Waals surface area (Å²) in [6.07, 6.45) is 1.08. The van der Waals surface area contributed by atoms with E-state index in [0.717, 1.165) is 6.34 Å². The minimum absolute atomic E-state index is 0.403. The fourth-order valence-corrected chi connectivity index (χ4v) is 0.157. The Morgan fingerprint density at radius 2 is 2.57 bits per heavy atom. The van der Waals surface area contributed by atoms with Crippen molar-refractivity contribution >= 4 is 6.34 Å². The molecule has 4 nitrogen and oxygen atoms in total. The molecule has 0 unspecified atom stereocenters. The Bertz CT molecular complexity index is 67.3. The van der Waals surface area contributed by atoms with E-state index in [1.807, 2.05) is 0 Å². The third-order valence-corrected chi connectivity index (χ3v) is 0.405. The SMILES string of the molecule is C/N=N/CNC=N. The Balaban J connectivity index is 2.82. The van der Waals surface area contributed by atoms with Gasteiger partial charge in [-0.25, -0.2) is 0 Å². The zero-order chi connectivity index (χ0) is 5.54. The van der Waals surface area contributed by atoms with Crippen LogP contribution in [-0.4, -0.2) is 20.1 Å². The van der Waals surface area contributed by atoms with Crippen molar-refractivity contribution in [2.24, 2.45) is 10.2 Å². The third kappa shape index (κ3) is 5.07. The van der Waals surface area contributed by atoms with Gasteiger partial charge in [0.25, 0.3) is 0 Å². The molecule has 0 aromatic heterocycles. The normalized spacial score (nSPS) is 9.29. The van der Waals surface area contributed by atoms with Crippen molar-refractivity contribution in [3.8, 4) is 0 Å². The van der Waals surface area contributed by atoms with Crippen LogP contribution < -0.4 is 5.32 Å². The average molecular weight is 100 g/mol. The lowest BCUT2D eigenvalue weighted by Crippen LogP contribution is -2.08. The first kappa shape index (κ1) is 6.07. The predicted molar refractivity (Wildman–Crippen MR) is 27.6 cm³/mol. The molecule has 40 valence electrons. The number of azo groups is 1. The summed E-state index contributed by atoms with van der Waals surface area (Å²) in [6, 6.07) is 0. The molecular weight excluding hydrogens is 92.1 g/mol. The van der Waals surface area contributed by atoms with E-state index < -0.39 is 0 Å². The second-order valence-electron chi connectivity index (χ2n) is 0.848. The summed E-state index contributed by atoms with van der Waals surface area (Å²) in [7, 11) is 1.59. The van der Waals surface area contributed by atoms with Gasteiger partial charge in [0, 0.05) is 7.05 Å². The molecule has 0 heterocycles. The summed E-state index contributed by atoms with van der Waals surface area (Å²) in [6.45, 7) is 0.403. The van der Waals surface area contributed by atoms with Crippen molar-refractivity contribution in [1.82, 2.24) is 5.32 Å². The van der Waals surface area contributed by atoms with E-state index in [4.69, 9.17) is 5.41 Å². The van der Waals surface area contributed by atoms with E-state index in [2.05, 4.69) is 15.5 Å².